The third-order valence-electron chi connectivity index (χ3n) is 6.33. The van der Waals surface area contributed by atoms with Gasteiger partial charge in [0.05, 0.1) is 42.4 Å². The van der Waals surface area contributed by atoms with Crippen LogP contribution in [0, 0.1) is 5.82 Å². The molecular weight excluding hydrogens is 502 g/mol. The van der Waals surface area contributed by atoms with Crippen LogP contribution < -0.4 is 10.2 Å². The van der Waals surface area contributed by atoms with Gasteiger partial charge in [-0.2, -0.15) is 0 Å². The van der Waals surface area contributed by atoms with Gasteiger partial charge in [0, 0.05) is 42.4 Å². The number of aromatic nitrogens is 3. The third-order valence-corrected chi connectivity index (χ3v) is 6.33. The van der Waals surface area contributed by atoms with Crippen LogP contribution in [-0.4, -0.2) is 48.0 Å². The summed E-state index contributed by atoms with van der Waals surface area (Å²) < 4.78 is 61.2. The van der Waals surface area contributed by atoms with Gasteiger partial charge in [-0.1, -0.05) is 6.07 Å². The van der Waals surface area contributed by atoms with Crippen molar-refractivity contribution in [3.63, 3.8) is 0 Å². The number of hydrogen-bond donors (Lipinski definition) is 1. The van der Waals surface area contributed by atoms with E-state index in [9.17, 15) is 22.4 Å². The first-order chi connectivity index (χ1) is 18.2. The van der Waals surface area contributed by atoms with E-state index in [4.69, 9.17) is 4.74 Å². The normalized spacial score (nSPS) is 16.9. The predicted molar refractivity (Wildman–Crippen MR) is 133 cm³/mol. The Bertz CT molecular complexity index is 1530. The SMILES string of the molecule is CN(C)c1cccc(-c2ccc3cnc(CNC(=O)c4cc(F)c5c(c4)[C@](F)(C(F)F)COC5)cc3n2)n1. The van der Waals surface area contributed by atoms with E-state index in [1.54, 1.807) is 12.3 Å². The lowest BCUT2D eigenvalue weighted by atomic mass is 9.88. The van der Waals surface area contributed by atoms with Crippen molar-refractivity contribution < 1.29 is 27.1 Å². The van der Waals surface area contributed by atoms with Crippen LogP contribution in [0.3, 0.4) is 0 Å². The molecule has 1 aliphatic heterocycles. The molecule has 0 radical (unpaired) electrons. The van der Waals surface area contributed by atoms with E-state index >= 15 is 0 Å². The van der Waals surface area contributed by atoms with Gasteiger partial charge in [-0.25, -0.2) is 27.5 Å². The number of fused-ring (bicyclic) bond motifs is 2. The number of nitrogens with zero attached hydrogens (tertiary/aromatic N) is 4. The fraction of sp³-hybridized carbons (Fsp3) is 0.259. The van der Waals surface area contributed by atoms with Gasteiger partial charge < -0.3 is 15.0 Å². The van der Waals surface area contributed by atoms with Crippen molar-refractivity contribution in [3.8, 4) is 11.4 Å². The van der Waals surface area contributed by atoms with Crippen molar-refractivity contribution in [2.24, 2.45) is 0 Å². The van der Waals surface area contributed by atoms with Gasteiger partial charge in [0.1, 0.15) is 11.6 Å². The van der Waals surface area contributed by atoms with Crippen LogP contribution in [0.15, 0.2) is 54.7 Å². The number of ether oxygens (including phenoxy) is 1. The zero-order chi connectivity index (χ0) is 27.0. The minimum atomic E-state index is -3.45. The second kappa shape index (κ2) is 9.97. The molecule has 38 heavy (non-hydrogen) atoms. The van der Waals surface area contributed by atoms with Gasteiger partial charge in [-0.15, -0.1) is 0 Å². The Kier molecular flexibility index (Phi) is 6.70. The molecule has 1 aromatic carbocycles. The molecule has 0 saturated carbocycles. The number of halogens is 4. The Labute approximate surface area is 215 Å². The van der Waals surface area contributed by atoms with Crippen LogP contribution in [0.1, 0.15) is 27.2 Å². The number of anilines is 1. The fourth-order valence-corrected chi connectivity index (χ4v) is 4.23. The molecule has 4 aromatic rings. The number of rotatable bonds is 6. The Morgan fingerprint density at radius 1 is 1.13 bits per heavy atom. The lowest BCUT2D eigenvalue weighted by molar-refractivity contribution is -0.107. The molecule has 1 amide bonds. The van der Waals surface area contributed by atoms with Crippen LogP contribution in [-0.2, 0) is 23.6 Å². The number of pyridine rings is 3. The average molecular weight is 526 g/mol. The van der Waals surface area contributed by atoms with Crippen molar-refractivity contribution in [2.75, 3.05) is 25.6 Å². The van der Waals surface area contributed by atoms with E-state index in [0.29, 0.717) is 22.6 Å². The highest BCUT2D eigenvalue weighted by Gasteiger charge is 2.47. The molecule has 196 valence electrons. The van der Waals surface area contributed by atoms with Crippen molar-refractivity contribution in [1.29, 1.82) is 0 Å². The topological polar surface area (TPSA) is 80.2 Å². The summed E-state index contributed by atoms with van der Waals surface area (Å²) in [5, 5.41) is 3.36. The smallest absolute Gasteiger partial charge is 0.278 e. The molecule has 0 aliphatic carbocycles. The zero-order valence-electron chi connectivity index (χ0n) is 20.5. The molecule has 5 rings (SSSR count). The molecule has 0 fully saturated rings. The molecule has 3 aromatic heterocycles. The number of alkyl halides is 3. The molecule has 1 aliphatic rings. The summed E-state index contributed by atoms with van der Waals surface area (Å²) >= 11 is 0. The molecule has 0 spiro atoms. The lowest BCUT2D eigenvalue weighted by Crippen LogP contribution is -2.39. The van der Waals surface area contributed by atoms with Crippen LogP contribution >= 0.6 is 0 Å². The number of nitrogens with one attached hydrogen (secondary N) is 1. The van der Waals surface area contributed by atoms with Crippen LogP contribution in [0.5, 0.6) is 0 Å². The standard InChI is InChI=1S/C27H23F4N5O2/c1-36(2)24-5-3-4-21(35-24)22-7-6-15-11-32-17(10-23(15)34-22)12-33-25(37)16-8-19-18(20(28)9-16)13-38-14-27(19,31)26(29)30/h3-11,26H,12-14H2,1-2H3,(H,33,37)/t27-/m0/s1. The Hall–Kier alpha value is -4.12. The maximum absolute atomic E-state index is 14.9. The zero-order valence-corrected chi connectivity index (χ0v) is 20.5. The average Bonchev–Trinajstić information content (AvgIpc) is 2.91. The summed E-state index contributed by atoms with van der Waals surface area (Å²) in [5.41, 5.74) is -1.94. The third kappa shape index (κ3) is 4.76. The molecule has 0 saturated heterocycles. The summed E-state index contributed by atoms with van der Waals surface area (Å²) in [6.45, 7) is -1.33. The summed E-state index contributed by atoms with van der Waals surface area (Å²) in [6, 6.07) is 12.9. The molecule has 0 unspecified atom stereocenters. The molecule has 11 heteroatoms. The second-order valence-corrected chi connectivity index (χ2v) is 9.16. The summed E-state index contributed by atoms with van der Waals surface area (Å²) in [6.07, 6.45) is -1.84. The summed E-state index contributed by atoms with van der Waals surface area (Å²) in [4.78, 5) is 28.2. The van der Waals surface area contributed by atoms with E-state index in [1.165, 1.54) is 0 Å². The first-order valence-electron chi connectivity index (χ1n) is 11.7. The Morgan fingerprint density at radius 2 is 1.92 bits per heavy atom. The number of carbonyl (C=O) groups excluding carboxylic acids is 1. The number of amides is 1. The van der Waals surface area contributed by atoms with Crippen molar-refractivity contribution in [2.45, 2.75) is 25.2 Å². The fourth-order valence-electron chi connectivity index (χ4n) is 4.23. The van der Waals surface area contributed by atoms with Crippen molar-refractivity contribution >= 4 is 22.6 Å². The van der Waals surface area contributed by atoms with Crippen LogP contribution in [0.25, 0.3) is 22.3 Å². The largest absolute Gasteiger partial charge is 0.373 e. The highest BCUT2D eigenvalue weighted by molar-refractivity contribution is 5.94. The molecule has 0 bridgehead atoms. The highest BCUT2D eigenvalue weighted by atomic mass is 19.3. The molecular formula is C27H23F4N5O2. The van der Waals surface area contributed by atoms with Gasteiger partial charge in [-0.3, -0.25) is 9.78 Å². The molecule has 7 nitrogen and oxygen atoms in total. The maximum Gasteiger partial charge on any atom is 0.278 e. The monoisotopic (exact) mass is 525 g/mol. The Morgan fingerprint density at radius 3 is 2.68 bits per heavy atom. The van der Waals surface area contributed by atoms with Crippen LogP contribution in [0.2, 0.25) is 0 Å². The first-order valence-corrected chi connectivity index (χ1v) is 11.7. The van der Waals surface area contributed by atoms with E-state index in [1.807, 2.05) is 49.3 Å². The second-order valence-electron chi connectivity index (χ2n) is 9.16. The lowest BCUT2D eigenvalue weighted by Gasteiger charge is -2.31. The number of benzene rings is 1. The van der Waals surface area contributed by atoms with Crippen LogP contribution in [0.4, 0.5) is 23.4 Å². The van der Waals surface area contributed by atoms with Crippen molar-refractivity contribution in [3.05, 3.63) is 82.9 Å². The van der Waals surface area contributed by atoms with Gasteiger partial charge >= 0.3 is 0 Å². The molecule has 1 atom stereocenters. The minimum absolute atomic E-state index is 0.0491. The molecule has 4 heterocycles. The number of hydrogen-bond acceptors (Lipinski definition) is 6. The minimum Gasteiger partial charge on any atom is -0.373 e. The van der Waals surface area contributed by atoms with Gasteiger partial charge in [0.25, 0.3) is 12.3 Å². The highest BCUT2D eigenvalue weighted by Crippen LogP contribution is 2.40. The maximum atomic E-state index is 14.9. The van der Waals surface area contributed by atoms with Gasteiger partial charge in [-0.05, 0) is 42.5 Å². The van der Waals surface area contributed by atoms with E-state index in [2.05, 4.69) is 20.3 Å². The van der Waals surface area contributed by atoms with E-state index in [-0.39, 0.29) is 24.3 Å². The number of carbonyl (C=O) groups is 1. The summed E-state index contributed by atoms with van der Waals surface area (Å²) in [5.74, 6) is -0.960. The van der Waals surface area contributed by atoms with Crippen molar-refractivity contribution in [1.82, 2.24) is 20.3 Å². The van der Waals surface area contributed by atoms with Gasteiger partial charge in [0.2, 0.25) is 5.67 Å². The predicted octanol–water partition coefficient (Wildman–Crippen LogP) is 4.79. The first kappa shape index (κ1) is 25.5. The quantitative estimate of drug-likeness (QED) is 0.365. The van der Waals surface area contributed by atoms with E-state index in [0.717, 1.165) is 23.3 Å². The van der Waals surface area contributed by atoms with Gasteiger partial charge in [0.15, 0.2) is 0 Å². The van der Waals surface area contributed by atoms with E-state index < -0.39 is 36.0 Å². The molecule has 1 N–H and O–H groups in total. The Balaban J connectivity index is 1.37. The summed E-state index contributed by atoms with van der Waals surface area (Å²) in [7, 11) is 3.79.